The number of nitrogen functional groups attached to an aromatic ring is 1. The first-order valence-corrected chi connectivity index (χ1v) is 4.83. The second-order valence-electron chi connectivity index (χ2n) is 2.38. The molecule has 14 heavy (non-hydrogen) atoms. The summed E-state index contributed by atoms with van der Waals surface area (Å²) in [6, 6.07) is 0.947. The molecule has 2 N–H and O–H groups in total. The molecule has 1 rings (SSSR count). The topological polar surface area (TPSA) is 56.0 Å². The third kappa shape index (κ3) is 2.30. The molecule has 0 amide bonds. The first-order chi connectivity index (χ1) is 6.43. The van der Waals surface area contributed by atoms with E-state index in [9.17, 15) is 13.6 Å². The molecule has 0 aliphatic rings. The molecule has 0 atom stereocenters. The predicted molar refractivity (Wildman–Crippen MR) is 56.5 cm³/mol. The number of anilines is 1. The van der Waals surface area contributed by atoms with Crippen LogP contribution >= 0.6 is 34.2 Å². The summed E-state index contributed by atoms with van der Waals surface area (Å²) in [5.41, 5.74) is 4.50. The molecule has 7 heteroatoms. The summed E-state index contributed by atoms with van der Waals surface area (Å²) in [5.74, 6) is -0.0635. The predicted octanol–water partition coefficient (Wildman–Crippen LogP) is 2.58. The third-order valence-corrected chi connectivity index (χ3v) is 2.43. The van der Waals surface area contributed by atoms with E-state index in [0.29, 0.717) is 0 Å². The van der Waals surface area contributed by atoms with Gasteiger partial charge in [0.15, 0.2) is 0 Å². The zero-order chi connectivity index (χ0) is 10.9. The SMILES string of the molecule is Nc1cc(C(F)F)c(C(=O)Cl)c(I)n1. The molecular weight excluding hydrogens is 328 g/mol. The van der Waals surface area contributed by atoms with E-state index in [1.165, 1.54) is 0 Å². The van der Waals surface area contributed by atoms with Crippen molar-refractivity contribution in [3.05, 3.63) is 20.9 Å². The Morgan fingerprint density at radius 3 is 2.64 bits per heavy atom. The summed E-state index contributed by atoms with van der Waals surface area (Å²) >= 11 is 6.78. The molecular formula is C7H4ClF2IN2O. The highest BCUT2D eigenvalue weighted by Gasteiger charge is 2.21. The normalized spacial score (nSPS) is 10.6. The smallest absolute Gasteiger partial charge is 0.264 e. The van der Waals surface area contributed by atoms with Crippen molar-refractivity contribution in [2.24, 2.45) is 0 Å². The van der Waals surface area contributed by atoms with Gasteiger partial charge in [-0.1, -0.05) is 0 Å². The van der Waals surface area contributed by atoms with Crippen molar-refractivity contribution in [1.82, 2.24) is 4.98 Å². The van der Waals surface area contributed by atoms with Crippen LogP contribution in [0.4, 0.5) is 14.6 Å². The highest BCUT2D eigenvalue weighted by molar-refractivity contribution is 14.1. The third-order valence-electron chi connectivity index (χ3n) is 1.46. The monoisotopic (exact) mass is 332 g/mol. The Morgan fingerprint density at radius 1 is 1.64 bits per heavy atom. The van der Waals surface area contributed by atoms with E-state index in [4.69, 9.17) is 17.3 Å². The molecule has 0 aliphatic carbocycles. The van der Waals surface area contributed by atoms with Crippen LogP contribution in [-0.2, 0) is 0 Å². The first-order valence-electron chi connectivity index (χ1n) is 3.37. The van der Waals surface area contributed by atoms with Gasteiger partial charge in [0.1, 0.15) is 9.52 Å². The minimum Gasteiger partial charge on any atom is -0.384 e. The van der Waals surface area contributed by atoms with E-state index in [0.717, 1.165) is 6.07 Å². The van der Waals surface area contributed by atoms with Crippen LogP contribution in [0.5, 0.6) is 0 Å². The molecule has 0 saturated heterocycles. The van der Waals surface area contributed by atoms with Gasteiger partial charge in [0.2, 0.25) is 0 Å². The summed E-state index contributed by atoms with van der Waals surface area (Å²) < 4.78 is 25.0. The fourth-order valence-electron chi connectivity index (χ4n) is 0.919. The lowest BCUT2D eigenvalue weighted by molar-refractivity contribution is 0.106. The molecule has 0 bridgehead atoms. The minimum atomic E-state index is -2.80. The fraction of sp³-hybridized carbons (Fsp3) is 0.143. The Morgan fingerprint density at radius 2 is 2.21 bits per heavy atom. The van der Waals surface area contributed by atoms with Crippen molar-refractivity contribution in [3.8, 4) is 0 Å². The number of carbonyl (C=O) groups is 1. The Kier molecular flexibility index (Phi) is 3.59. The van der Waals surface area contributed by atoms with E-state index in [1.54, 1.807) is 22.6 Å². The summed E-state index contributed by atoms with van der Waals surface area (Å²) in [6.07, 6.45) is -2.80. The van der Waals surface area contributed by atoms with Gasteiger partial charge in [-0.15, -0.1) is 0 Å². The van der Waals surface area contributed by atoms with Crippen molar-refractivity contribution in [3.63, 3.8) is 0 Å². The fourth-order valence-corrected chi connectivity index (χ4v) is 2.11. The van der Waals surface area contributed by atoms with Crippen molar-refractivity contribution in [1.29, 1.82) is 0 Å². The lowest BCUT2D eigenvalue weighted by Crippen LogP contribution is -2.06. The van der Waals surface area contributed by atoms with Crippen LogP contribution in [0.2, 0.25) is 0 Å². The molecule has 1 heterocycles. The standard InChI is InChI=1S/C7H4ClF2IN2O/c8-5(14)4-2(6(9)10)1-3(12)13-7(4)11/h1,6H,(H2,12,13). The van der Waals surface area contributed by atoms with Gasteiger partial charge in [-0.3, -0.25) is 4.79 Å². The number of hydrogen-bond donors (Lipinski definition) is 1. The van der Waals surface area contributed by atoms with Crippen molar-refractivity contribution in [2.75, 3.05) is 5.73 Å². The van der Waals surface area contributed by atoms with E-state index < -0.39 is 17.2 Å². The quantitative estimate of drug-likeness (QED) is 0.514. The van der Waals surface area contributed by atoms with Crippen LogP contribution < -0.4 is 5.73 Å². The molecule has 0 unspecified atom stereocenters. The van der Waals surface area contributed by atoms with Gasteiger partial charge in [-0.2, -0.15) is 0 Å². The van der Waals surface area contributed by atoms with Gasteiger partial charge in [-0.05, 0) is 40.3 Å². The van der Waals surface area contributed by atoms with Crippen molar-refractivity contribution in [2.45, 2.75) is 6.43 Å². The van der Waals surface area contributed by atoms with Gasteiger partial charge >= 0.3 is 0 Å². The molecule has 1 aromatic rings. The molecule has 0 fully saturated rings. The number of hydrogen-bond acceptors (Lipinski definition) is 3. The minimum absolute atomic E-state index is 0.0635. The number of pyridine rings is 1. The Bertz CT molecular complexity index is 386. The molecule has 0 aliphatic heterocycles. The van der Waals surface area contributed by atoms with Crippen LogP contribution in [-0.4, -0.2) is 10.2 Å². The first kappa shape index (κ1) is 11.6. The highest BCUT2D eigenvalue weighted by Crippen LogP contribution is 2.28. The van der Waals surface area contributed by atoms with E-state index in [2.05, 4.69) is 4.98 Å². The second-order valence-corrected chi connectivity index (χ2v) is 3.74. The Labute approximate surface area is 96.8 Å². The maximum absolute atomic E-state index is 12.5. The Balaban J connectivity index is 3.44. The lowest BCUT2D eigenvalue weighted by atomic mass is 10.1. The molecule has 3 nitrogen and oxygen atoms in total. The van der Waals surface area contributed by atoms with Gasteiger partial charge in [0.25, 0.3) is 11.7 Å². The molecule has 0 saturated carbocycles. The number of rotatable bonds is 2. The van der Waals surface area contributed by atoms with Crippen LogP contribution in [0.3, 0.4) is 0 Å². The average molecular weight is 332 g/mol. The van der Waals surface area contributed by atoms with Crippen LogP contribution in [0, 0.1) is 3.70 Å². The summed E-state index contributed by atoms with van der Waals surface area (Å²) in [4.78, 5) is 14.5. The van der Waals surface area contributed by atoms with Crippen molar-refractivity contribution < 1.29 is 13.6 Å². The maximum atomic E-state index is 12.5. The summed E-state index contributed by atoms with van der Waals surface area (Å²) in [6.45, 7) is 0. The number of nitrogens with two attached hydrogens (primary N) is 1. The summed E-state index contributed by atoms with van der Waals surface area (Å²) in [5, 5.41) is -0.961. The van der Waals surface area contributed by atoms with Crippen molar-refractivity contribution >= 4 is 45.3 Å². The molecule has 0 spiro atoms. The number of alkyl halides is 2. The van der Waals surface area contributed by atoms with Gasteiger partial charge in [0.05, 0.1) is 5.56 Å². The van der Waals surface area contributed by atoms with Gasteiger partial charge in [-0.25, -0.2) is 13.8 Å². The van der Waals surface area contributed by atoms with Crippen LogP contribution in [0.15, 0.2) is 6.07 Å². The largest absolute Gasteiger partial charge is 0.384 e. The van der Waals surface area contributed by atoms with E-state index >= 15 is 0 Å². The number of nitrogens with zero attached hydrogens (tertiary/aromatic N) is 1. The number of carbonyl (C=O) groups excluding carboxylic acids is 1. The van der Waals surface area contributed by atoms with Gasteiger partial charge < -0.3 is 5.73 Å². The average Bonchev–Trinajstić information content (AvgIpc) is 2.01. The number of aromatic nitrogens is 1. The van der Waals surface area contributed by atoms with Crippen LogP contribution in [0.1, 0.15) is 22.3 Å². The van der Waals surface area contributed by atoms with E-state index in [-0.39, 0.29) is 15.1 Å². The zero-order valence-corrected chi connectivity index (χ0v) is 9.51. The zero-order valence-electron chi connectivity index (χ0n) is 6.60. The second kappa shape index (κ2) is 4.35. The molecule has 1 aromatic heterocycles. The Hall–Kier alpha value is -0.500. The lowest BCUT2D eigenvalue weighted by Gasteiger charge is -2.07. The molecule has 0 radical (unpaired) electrons. The summed E-state index contributed by atoms with van der Waals surface area (Å²) in [7, 11) is 0. The molecule has 76 valence electrons. The number of halogens is 4. The van der Waals surface area contributed by atoms with Gasteiger partial charge in [0, 0.05) is 5.56 Å². The van der Waals surface area contributed by atoms with E-state index in [1.807, 2.05) is 0 Å². The highest BCUT2D eigenvalue weighted by atomic mass is 127. The maximum Gasteiger partial charge on any atom is 0.264 e. The van der Waals surface area contributed by atoms with Crippen LogP contribution in [0.25, 0.3) is 0 Å². The molecule has 0 aromatic carbocycles.